The van der Waals surface area contributed by atoms with Crippen molar-refractivity contribution in [1.82, 2.24) is 0 Å². The number of anilines is 1. The topological polar surface area (TPSA) is 56.8 Å². The van der Waals surface area contributed by atoms with E-state index in [-0.39, 0.29) is 5.91 Å². The van der Waals surface area contributed by atoms with Crippen LogP contribution in [0.3, 0.4) is 0 Å². The van der Waals surface area contributed by atoms with Crippen LogP contribution in [0.5, 0.6) is 17.2 Å². The molecule has 0 heterocycles. The molecule has 0 saturated heterocycles. The van der Waals surface area contributed by atoms with Gasteiger partial charge in [-0.2, -0.15) is 0 Å². The summed E-state index contributed by atoms with van der Waals surface area (Å²) in [6.07, 6.45) is 0.975. The first-order valence-corrected chi connectivity index (χ1v) is 8.73. The Morgan fingerprint density at radius 2 is 1.88 bits per heavy atom. The Bertz CT molecular complexity index is 733. The minimum atomic E-state index is -0.101. The fraction of sp³-hybridized carbons (Fsp3) is 0.316. The molecule has 0 saturated carbocycles. The number of hydrogen-bond donors (Lipinski definition) is 1. The fourth-order valence-corrected chi connectivity index (χ4v) is 2.78. The number of aryl methyl sites for hydroxylation is 1. The summed E-state index contributed by atoms with van der Waals surface area (Å²) in [7, 11) is 3.13. The minimum Gasteiger partial charge on any atom is -0.495 e. The van der Waals surface area contributed by atoms with E-state index in [9.17, 15) is 4.79 Å². The molecule has 5 nitrogen and oxygen atoms in total. The van der Waals surface area contributed by atoms with Crippen molar-refractivity contribution >= 4 is 27.5 Å². The summed E-state index contributed by atoms with van der Waals surface area (Å²) in [5, 5.41) is 2.85. The van der Waals surface area contributed by atoms with Crippen LogP contribution in [0.15, 0.2) is 40.9 Å². The van der Waals surface area contributed by atoms with Gasteiger partial charge in [0.25, 0.3) is 0 Å². The fourth-order valence-electron chi connectivity index (χ4n) is 2.30. The number of rotatable bonds is 8. The molecule has 1 N–H and O–H groups in total. The van der Waals surface area contributed by atoms with Crippen LogP contribution in [-0.4, -0.2) is 26.7 Å². The number of halogens is 1. The van der Waals surface area contributed by atoms with Gasteiger partial charge in [0.1, 0.15) is 17.2 Å². The van der Waals surface area contributed by atoms with Gasteiger partial charge in [0.05, 0.1) is 31.0 Å². The van der Waals surface area contributed by atoms with Crippen molar-refractivity contribution in [1.29, 1.82) is 0 Å². The van der Waals surface area contributed by atoms with Crippen molar-refractivity contribution < 1.29 is 19.0 Å². The highest BCUT2D eigenvalue weighted by Crippen LogP contribution is 2.36. The zero-order valence-electron chi connectivity index (χ0n) is 14.6. The third-order valence-corrected chi connectivity index (χ3v) is 4.17. The summed E-state index contributed by atoms with van der Waals surface area (Å²) in [4.78, 5) is 12.2. The average molecular weight is 408 g/mol. The Kier molecular flexibility index (Phi) is 7.13. The number of nitrogens with one attached hydrogen (secondary N) is 1. The van der Waals surface area contributed by atoms with E-state index in [2.05, 4.69) is 21.2 Å². The Morgan fingerprint density at radius 3 is 2.56 bits per heavy atom. The van der Waals surface area contributed by atoms with Gasteiger partial charge in [0, 0.05) is 18.6 Å². The van der Waals surface area contributed by atoms with Gasteiger partial charge < -0.3 is 19.5 Å². The molecule has 0 aromatic heterocycles. The van der Waals surface area contributed by atoms with Gasteiger partial charge in [-0.15, -0.1) is 0 Å². The molecule has 2 rings (SSSR count). The lowest BCUT2D eigenvalue weighted by molar-refractivity contribution is -0.116. The second-order valence-electron chi connectivity index (χ2n) is 5.50. The molecule has 0 radical (unpaired) electrons. The van der Waals surface area contributed by atoms with Crippen molar-refractivity contribution in [2.45, 2.75) is 19.8 Å². The van der Waals surface area contributed by atoms with E-state index in [1.165, 1.54) is 0 Å². The van der Waals surface area contributed by atoms with Crippen molar-refractivity contribution in [3.63, 3.8) is 0 Å². The second-order valence-corrected chi connectivity index (χ2v) is 6.36. The molecule has 2 aromatic carbocycles. The lowest BCUT2D eigenvalue weighted by Crippen LogP contribution is -2.13. The molecule has 0 aliphatic rings. The third kappa shape index (κ3) is 5.67. The van der Waals surface area contributed by atoms with E-state index in [1.807, 2.05) is 31.2 Å². The summed E-state index contributed by atoms with van der Waals surface area (Å²) in [5.41, 5.74) is 1.72. The maximum atomic E-state index is 12.2. The third-order valence-electron chi connectivity index (χ3n) is 3.55. The smallest absolute Gasteiger partial charge is 0.224 e. The molecular weight excluding hydrogens is 386 g/mol. The van der Waals surface area contributed by atoms with E-state index in [0.717, 1.165) is 15.8 Å². The Morgan fingerprint density at radius 1 is 1.12 bits per heavy atom. The Hall–Kier alpha value is -2.21. The van der Waals surface area contributed by atoms with Gasteiger partial charge in [-0.1, -0.05) is 12.1 Å². The SMILES string of the molecule is COc1cc(NC(=O)CCCOc2cccc(C)c2)c(OC)cc1Br. The van der Waals surface area contributed by atoms with Crippen LogP contribution in [0, 0.1) is 6.92 Å². The summed E-state index contributed by atoms with van der Waals surface area (Å²) < 4.78 is 17.0. The van der Waals surface area contributed by atoms with Gasteiger partial charge in [-0.3, -0.25) is 4.79 Å². The first-order valence-electron chi connectivity index (χ1n) is 7.94. The predicted octanol–water partition coefficient (Wildman–Crippen LogP) is 4.57. The van der Waals surface area contributed by atoms with Crippen molar-refractivity contribution in [3.05, 3.63) is 46.4 Å². The molecule has 0 bridgehead atoms. The van der Waals surface area contributed by atoms with Gasteiger partial charge in [-0.25, -0.2) is 0 Å². The van der Waals surface area contributed by atoms with Crippen LogP contribution in [0.4, 0.5) is 5.69 Å². The molecule has 1 amide bonds. The largest absolute Gasteiger partial charge is 0.495 e. The summed E-state index contributed by atoms with van der Waals surface area (Å²) in [6, 6.07) is 11.3. The highest BCUT2D eigenvalue weighted by atomic mass is 79.9. The van der Waals surface area contributed by atoms with Crippen LogP contribution < -0.4 is 19.5 Å². The minimum absolute atomic E-state index is 0.101. The Labute approximate surface area is 156 Å². The first kappa shape index (κ1) is 19.1. The lowest BCUT2D eigenvalue weighted by atomic mass is 10.2. The maximum Gasteiger partial charge on any atom is 0.224 e. The van der Waals surface area contributed by atoms with Crippen LogP contribution >= 0.6 is 15.9 Å². The number of methoxy groups -OCH3 is 2. The normalized spacial score (nSPS) is 10.2. The zero-order chi connectivity index (χ0) is 18.2. The second kappa shape index (κ2) is 9.32. The molecule has 0 aliphatic heterocycles. The van der Waals surface area contributed by atoms with Crippen LogP contribution in [-0.2, 0) is 4.79 Å². The number of carbonyl (C=O) groups excluding carboxylic acids is 1. The van der Waals surface area contributed by atoms with E-state index in [4.69, 9.17) is 14.2 Å². The molecular formula is C19H22BrNO4. The van der Waals surface area contributed by atoms with E-state index in [0.29, 0.717) is 36.6 Å². The number of ether oxygens (including phenoxy) is 3. The number of hydrogen-bond acceptors (Lipinski definition) is 4. The monoisotopic (exact) mass is 407 g/mol. The van der Waals surface area contributed by atoms with Gasteiger partial charge >= 0.3 is 0 Å². The number of carbonyl (C=O) groups is 1. The van der Waals surface area contributed by atoms with Gasteiger partial charge in [0.2, 0.25) is 5.91 Å². The summed E-state index contributed by atoms with van der Waals surface area (Å²) in [5.74, 6) is 1.91. The van der Waals surface area contributed by atoms with Crippen molar-refractivity contribution in [2.24, 2.45) is 0 Å². The molecule has 0 spiro atoms. The summed E-state index contributed by atoms with van der Waals surface area (Å²) in [6.45, 7) is 2.50. The highest BCUT2D eigenvalue weighted by molar-refractivity contribution is 9.10. The quantitative estimate of drug-likeness (QED) is 0.650. The Balaban J connectivity index is 1.86. The molecule has 2 aromatic rings. The summed E-state index contributed by atoms with van der Waals surface area (Å²) >= 11 is 3.39. The van der Waals surface area contributed by atoms with Crippen LogP contribution in [0.2, 0.25) is 0 Å². The lowest BCUT2D eigenvalue weighted by Gasteiger charge is -2.13. The highest BCUT2D eigenvalue weighted by Gasteiger charge is 2.12. The molecule has 0 unspecified atom stereocenters. The standard InChI is InChI=1S/C19H22BrNO4/c1-13-6-4-7-14(10-13)25-9-5-8-19(22)21-16-12-17(23-2)15(20)11-18(16)24-3/h4,6-7,10-12H,5,8-9H2,1-3H3,(H,21,22). The average Bonchev–Trinajstić information content (AvgIpc) is 2.60. The van der Waals surface area contributed by atoms with E-state index < -0.39 is 0 Å². The van der Waals surface area contributed by atoms with Gasteiger partial charge in [-0.05, 0) is 47.0 Å². The van der Waals surface area contributed by atoms with Crippen LogP contribution in [0.25, 0.3) is 0 Å². The number of amides is 1. The van der Waals surface area contributed by atoms with E-state index in [1.54, 1.807) is 26.4 Å². The molecule has 25 heavy (non-hydrogen) atoms. The zero-order valence-corrected chi connectivity index (χ0v) is 16.2. The van der Waals surface area contributed by atoms with Crippen LogP contribution in [0.1, 0.15) is 18.4 Å². The predicted molar refractivity (Wildman–Crippen MR) is 102 cm³/mol. The maximum absolute atomic E-state index is 12.2. The first-order chi connectivity index (χ1) is 12.0. The molecule has 0 fully saturated rings. The molecule has 0 aliphatic carbocycles. The number of benzene rings is 2. The molecule has 134 valence electrons. The molecule has 6 heteroatoms. The van der Waals surface area contributed by atoms with Gasteiger partial charge in [0.15, 0.2) is 0 Å². The van der Waals surface area contributed by atoms with Crippen molar-refractivity contribution in [2.75, 3.05) is 26.1 Å². The van der Waals surface area contributed by atoms with E-state index >= 15 is 0 Å². The molecule has 0 atom stereocenters. The van der Waals surface area contributed by atoms with Crippen molar-refractivity contribution in [3.8, 4) is 17.2 Å².